The van der Waals surface area contributed by atoms with Gasteiger partial charge in [0.15, 0.2) is 9.66 Å². The lowest BCUT2D eigenvalue weighted by molar-refractivity contribution is 0.587. The monoisotopic (exact) mass is 363 g/mol. The topological polar surface area (TPSA) is 56.0 Å². The average Bonchev–Trinajstić information content (AvgIpc) is 3.14. The van der Waals surface area contributed by atoms with Crippen LogP contribution in [0.15, 0.2) is 12.4 Å². The van der Waals surface area contributed by atoms with Gasteiger partial charge in [-0.25, -0.2) is 19.5 Å². The van der Waals surface area contributed by atoms with E-state index in [2.05, 4.69) is 37.8 Å². The molecule has 0 amide bonds. The van der Waals surface area contributed by atoms with Crippen LogP contribution in [0.5, 0.6) is 0 Å². The predicted molar refractivity (Wildman–Crippen MR) is 97.0 cm³/mol. The quantitative estimate of drug-likeness (QED) is 0.538. The van der Waals surface area contributed by atoms with E-state index < -0.39 is 0 Å². The fraction of sp³-hybridized carbons (Fsp3) is 0.467. The molecule has 1 atom stereocenters. The molecule has 0 aliphatic heterocycles. The third-order valence-corrected chi connectivity index (χ3v) is 7.20. The van der Waals surface area contributed by atoms with E-state index in [1.807, 2.05) is 10.7 Å². The molecule has 4 aromatic heterocycles. The number of rotatable bonds is 3. The molecule has 0 bridgehead atoms. The van der Waals surface area contributed by atoms with Crippen LogP contribution in [0.4, 0.5) is 0 Å². The molecule has 0 saturated carbocycles. The minimum atomic E-state index is 0.0915. The summed E-state index contributed by atoms with van der Waals surface area (Å²) in [5.74, 6) is 0.337. The van der Waals surface area contributed by atoms with Gasteiger partial charge in [0.25, 0.3) is 0 Å². The molecule has 0 saturated heterocycles. The molecule has 0 N–H and O–H groups in total. The Balaban J connectivity index is 1.57. The summed E-state index contributed by atoms with van der Waals surface area (Å²) >= 11 is 5.07. The van der Waals surface area contributed by atoms with Gasteiger partial charge in [0.05, 0.1) is 11.2 Å². The molecule has 23 heavy (non-hydrogen) atoms. The number of imidazole rings is 1. The number of hydrogen-bond acceptors (Lipinski definition) is 7. The summed E-state index contributed by atoms with van der Waals surface area (Å²) in [6, 6.07) is 0. The molecule has 0 aliphatic carbocycles. The van der Waals surface area contributed by atoms with Crippen molar-refractivity contribution in [2.75, 3.05) is 0 Å². The highest BCUT2D eigenvalue weighted by Gasteiger charge is 2.22. The molecule has 0 aromatic carbocycles. The molecule has 5 nitrogen and oxygen atoms in total. The molecule has 0 aliphatic rings. The summed E-state index contributed by atoms with van der Waals surface area (Å²) in [4.78, 5) is 16.9. The Morgan fingerprint density at radius 2 is 1.91 bits per heavy atom. The second kappa shape index (κ2) is 5.32. The van der Waals surface area contributed by atoms with Crippen molar-refractivity contribution in [3.8, 4) is 0 Å². The van der Waals surface area contributed by atoms with Crippen LogP contribution in [0.1, 0.15) is 48.6 Å². The van der Waals surface area contributed by atoms with Crippen LogP contribution < -0.4 is 0 Å². The number of aromatic nitrogens is 5. The molecule has 4 aromatic rings. The fourth-order valence-corrected chi connectivity index (χ4v) is 5.44. The first-order valence-corrected chi connectivity index (χ1v) is 9.92. The van der Waals surface area contributed by atoms with Crippen LogP contribution in [0.3, 0.4) is 0 Å². The van der Waals surface area contributed by atoms with Crippen molar-refractivity contribution in [3.63, 3.8) is 0 Å². The number of hydrogen-bond donors (Lipinski definition) is 0. The molecule has 8 heteroatoms. The van der Waals surface area contributed by atoms with Crippen molar-refractivity contribution in [1.82, 2.24) is 24.6 Å². The number of nitrogens with zero attached hydrogens (tertiary/aromatic N) is 5. The Bertz CT molecular complexity index is 908. The lowest BCUT2D eigenvalue weighted by Crippen LogP contribution is -2.09. The van der Waals surface area contributed by atoms with Crippen LogP contribution in [0.25, 0.3) is 14.6 Å². The van der Waals surface area contributed by atoms with E-state index in [1.54, 1.807) is 40.2 Å². The lowest BCUT2D eigenvalue weighted by atomic mass is 9.98. The number of thiazole rings is 2. The lowest BCUT2D eigenvalue weighted by Gasteiger charge is -2.13. The van der Waals surface area contributed by atoms with Crippen LogP contribution in [0.2, 0.25) is 0 Å². The average molecular weight is 364 g/mol. The summed E-state index contributed by atoms with van der Waals surface area (Å²) in [6.45, 7) is 8.77. The van der Waals surface area contributed by atoms with E-state index in [9.17, 15) is 0 Å². The van der Waals surface area contributed by atoms with E-state index in [4.69, 9.17) is 9.97 Å². The van der Waals surface area contributed by atoms with Gasteiger partial charge >= 0.3 is 0 Å². The van der Waals surface area contributed by atoms with Gasteiger partial charge in [-0.15, -0.1) is 0 Å². The zero-order chi connectivity index (χ0) is 16.2. The molecule has 1 unspecified atom stereocenters. The third-order valence-electron chi connectivity index (χ3n) is 3.56. The fourth-order valence-electron chi connectivity index (χ4n) is 2.29. The van der Waals surface area contributed by atoms with Crippen LogP contribution in [-0.4, -0.2) is 24.6 Å². The Morgan fingerprint density at radius 3 is 2.61 bits per heavy atom. The molecular formula is C15H17N5S3. The molecule has 0 radical (unpaired) electrons. The van der Waals surface area contributed by atoms with Crippen LogP contribution in [-0.2, 0) is 11.8 Å². The second-order valence-corrected chi connectivity index (χ2v) is 9.71. The smallest absolute Gasteiger partial charge is 0.212 e. The summed E-state index contributed by atoms with van der Waals surface area (Å²) < 4.78 is 1.84. The first-order valence-electron chi connectivity index (χ1n) is 7.47. The summed E-state index contributed by atoms with van der Waals surface area (Å²) in [5.41, 5.74) is 0.0915. The Kier molecular flexibility index (Phi) is 3.51. The Labute approximate surface area is 146 Å². The predicted octanol–water partition coefficient (Wildman–Crippen LogP) is 4.50. The second-order valence-electron chi connectivity index (χ2n) is 6.69. The van der Waals surface area contributed by atoms with Gasteiger partial charge in [-0.3, -0.25) is 0 Å². The maximum atomic E-state index is 4.78. The normalized spacial score (nSPS) is 14.1. The van der Waals surface area contributed by atoms with Gasteiger partial charge in [0, 0.05) is 24.0 Å². The van der Waals surface area contributed by atoms with E-state index in [0.717, 1.165) is 36.1 Å². The largest absolute Gasteiger partial charge is 0.228 e. The highest BCUT2D eigenvalue weighted by atomic mass is 32.1. The van der Waals surface area contributed by atoms with Gasteiger partial charge in [-0.1, -0.05) is 61.7 Å². The molecule has 0 spiro atoms. The minimum Gasteiger partial charge on any atom is -0.228 e. The van der Waals surface area contributed by atoms with Crippen molar-refractivity contribution >= 4 is 48.6 Å². The highest BCUT2D eigenvalue weighted by molar-refractivity contribution is 7.26. The molecule has 0 fully saturated rings. The van der Waals surface area contributed by atoms with Crippen LogP contribution in [0, 0.1) is 0 Å². The van der Waals surface area contributed by atoms with E-state index in [0.29, 0.717) is 5.92 Å². The summed E-state index contributed by atoms with van der Waals surface area (Å²) in [5, 5.41) is 8.00. The van der Waals surface area contributed by atoms with E-state index in [1.165, 1.54) is 0 Å². The third kappa shape index (κ3) is 2.79. The summed E-state index contributed by atoms with van der Waals surface area (Å²) in [6.07, 6.45) is 4.56. The standard InChI is InChI=1S/C15H17N5S3/c1-8(10-19-20-6-5-16-14(20)23-10)7-9-17-11-12(21-9)18-13(22-11)15(2,3)4/h5-6,8H,7H2,1-4H3. The highest BCUT2D eigenvalue weighted by Crippen LogP contribution is 2.35. The van der Waals surface area contributed by atoms with E-state index >= 15 is 0 Å². The zero-order valence-corrected chi connectivity index (χ0v) is 15.8. The van der Waals surface area contributed by atoms with Gasteiger partial charge < -0.3 is 0 Å². The Hall–Kier alpha value is -1.38. The first kappa shape index (κ1) is 15.2. The van der Waals surface area contributed by atoms with Crippen molar-refractivity contribution in [1.29, 1.82) is 0 Å². The van der Waals surface area contributed by atoms with Crippen LogP contribution >= 0.6 is 34.0 Å². The summed E-state index contributed by atoms with van der Waals surface area (Å²) in [7, 11) is 0. The SMILES string of the molecule is CC(Cc1nc2sc(C(C)(C)C)nc2s1)c1nn2ccnc2s1. The minimum absolute atomic E-state index is 0.0915. The van der Waals surface area contributed by atoms with Crippen molar-refractivity contribution in [2.24, 2.45) is 0 Å². The van der Waals surface area contributed by atoms with Crippen molar-refractivity contribution in [2.45, 2.75) is 45.4 Å². The van der Waals surface area contributed by atoms with Gasteiger partial charge in [-0.05, 0) is 0 Å². The maximum absolute atomic E-state index is 4.78. The molecule has 4 rings (SSSR count). The van der Waals surface area contributed by atoms with Crippen molar-refractivity contribution in [3.05, 3.63) is 27.4 Å². The van der Waals surface area contributed by atoms with Gasteiger partial charge in [-0.2, -0.15) is 5.10 Å². The van der Waals surface area contributed by atoms with E-state index in [-0.39, 0.29) is 5.41 Å². The number of fused-ring (bicyclic) bond motifs is 2. The molecule has 120 valence electrons. The molecule has 4 heterocycles. The maximum Gasteiger partial charge on any atom is 0.212 e. The first-order chi connectivity index (χ1) is 10.9. The Morgan fingerprint density at radius 1 is 1.13 bits per heavy atom. The van der Waals surface area contributed by atoms with Crippen molar-refractivity contribution < 1.29 is 0 Å². The van der Waals surface area contributed by atoms with Gasteiger partial charge in [0.1, 0.15) is 10.0 Å². The van der Waals surface area contributed by atoms with Gasteiger partial charge in [0.2, 0.25) is 4.96 Å². The zero-order valence-electron chi connectivity index (χ0n) is 13.4. The molecular weight excluding hydrogens is 346 g/mol.